The molecule has 5 N–H and O–H groups in total. The maximum atomic E-state index is 12.4. The van der Waals surface area contributed by atoms with Crippen LogP contribution in [0, 0.1) is 0 Å². The standard InChI is InChI=1S/C24H25N3O5S2.Na/c1-2-32-20-12-11-17(23(14-20)34(26,30)31)8-7-16-9-10-18(13-22(16)33(25,28)29)24-21-6-4-3-5-19(21)15-27-24;/h3-14,24,27H,2,15H2,1H3,(H2,25,28,29)(H2,26,30,31);. The fraction of sp³-hybridized carbons (Fsp3) is 0.167. The molecule has 1 heterocycles. The third-order valence-electron chi connectivity index (χ3n) is 5.59. The number of hydrogen-bond acceptors (Lipinski definition) is 6. The molecule has 1 aliphatic rings. The molecule has 1 unspecified atom stereocenters. The van der Waals surface area contributed by atoms with Gasteiger partial charge in [-0.05, 0) is 52.9 Å². The second-order valence-corrected chi connectivity index (χ2v) is 10.9. The summed E-state index contributed by atoms with van der Waals surface area (Å²) >= 11 is 0. The van der Waals surface area contributed by atoms with E-state index >= 15 is 0 Å². The fourth-order valence-corrected chi connectivity index (χ4v) is 5.56. The minimum atomic E-state index is -4.06. The summed E-state index contributed by atoms with van der Waals surface area (Å²) in [6, 6.07) is 17.3. The van der Waals surface area contributed by atoms with Gasteiger partial charge in [0.1, 0.15) is 5.75 Å². The number of benzene rings is 3. The smallest absolute Gasteiger partial charge is 0.238 e. The van der Waals surface area contributed by atoms with Crippen molar-refractivity contribution in [1.82, 2.24) is 5.32 Å². The molecule has 1 radical (unpaired) electrons. The minimum absolute atomic E-state index is 0. The van der Waals surface area contributed by atoms with Crippen LogP contribution in [0.1, 0.15) is 40.8 Å². The third-order valence-corrected chi connectivity index (χ3v) is 7.52. The van der Waals surface area contributed by atoms with Crippen LogP contribution in [0.2, 0.25) is 0 Å². The van der Waals surface area contributed by atoms with Crippen molar-refractivity contribution in [3.63, 3.8) is 0 Å². The van der Waals surface area contributed by atoms with Crippen molar-refractivity contribution in [2.45, 2.75) is 29.3 Å². The molecule has 1 atom stereocenters. The summed E-state index contributed by atoms with van der Waals surface area (Å²) in [4.78, 5) is -0.189. The van der Waals surface area contributed by atoms with E-state index in [9.17, 15) is 16.8 Å². The van der Waals surface area contributed by atoms with E-state index in [0.29, 0.717) is 30.0 Å². The molecule has 3 aromatic carbocycles. The Kier molecular flexibility index (Phi) is 8.61. The van der Waals surface area contributed by atoms with E-state index in [1.165, 1.54) is 18.2 Å². The summed E-state index contributed by atoms with van der Waals surface area (Å²) in [5.74, 6) is 0.364. The fourth-order valence-electron chi connectivity index (χ4n) is 4.05. The van der Waals surface area contributed by atoms with Gasteiger partial charge in [0.25, 0.3) is 0 Å². The number of sulfonamides is 2. The van der Waals surface area contributed by atoms with Gasteiger partial charge in [0.05, 0.1) is 22.4 Å². The maximum absolute atomic E-state index is 12.4. The zero-order valence-corrected chi connectivity index (χ0v) is 23.1. The van der Waals surface area contributed by atoms with Crippen molar-refractivity contribution in [2.75, 3.05) is 6.61 Å². The quantitative estimate of drug-likeness (QED) is 0.321. The number of nitrogens with one attached hydrogen (secondary N) is 1. The average Bonchev–Trinajstić information content (AvgIpc) is 3.21. The van der Waals surface area contributed by atoms with E-state index in [-0.39, 0.29) is 45.4 Å². The van der Waals surface area contributed by atoms with Gasteiger partial charge in [-0.25, -0.2) is 27.1 Å². The first-order valence-corrected chi connectivity index (χ1v) is 13.6. The zero-order valence-electron chi connectivity index (χ0n) is 19.4. The predicted octanol–water partition coefficient (Wildman–Crippen LogP) is 2.36. The molecule has 11 heteroatoms. The van der Waals surface area contributed by atoms with Crippen molar-refractivity contribution in [1.29, 1.82) is 0 Å². The Balaban J connectivity index is 0.00000342. The summed E-state index contributed by atoms with van der Waals surface area (Å²) in [6.07, 6.45) is 2.99. The Morgan fingerprint density at radius 2 is 1.51 bits per heavy atom. The monoisotopic (exact) mass is 522 g/mol. The molecule has 179 valence electrons. The van der Waals surface area contributed by atoms with Gasteiger partial charge in [-0.3, -0.25) is 0 Å². The Morgan fingerprint density at radius 1 is 0.914 bits per heavy atom. The summed E-state index contributed by atoms with van der Waals surface area (Å²) in [5, 5.41) is 14.3. The number of hydrogen-bond donors (Lipinski definition) is 3. The van der Waals surface area contributed by atoms with Crippen molar-refractivity contribution in [3.8, 4) is 5.75 Å². The van der Waals surface area contributed by atoms with E-state index in [1.807, 2.05) is 30.3 Å². The summed E-state index contributed by atoms with van der Waals surface area (Å²) < 4.78 is 54.4. The van der Waals surface area contributed by atoms with Gasteiger partial charge >= 0.3 is 0 Å². The Morgan fingerprint density at radius 3 is 2.14 bits per heavy atom. The van der Waals surface area contributed by atoms with Crippen molar-refractivity contribution >= 4 is 61.8 Å². The molecule has 4 rings (SSSR count). The minimum Gasteiger partial charge on any atom is -0.494 e. The van der Waals surface area contributed by atoms with Crippen molar-refractivity contribution in [2.24, 2.45) is 10.3 Å². The molecular formula is C24H25N3NaO5S2. The first-order valence-electron chi connectivity index (χ1n) is 10.5. The Bertz CT molecular complexity index is 1490. The Labute approximate surface area is 227 Å². The van der Waals surface area contributed by atoms with Gasteiger partial charge in [-0.15, -0.1) is 0 Å². The van der Waals surface area contributed by atoms with Gasteiger partial charge in [0, 0.05) is 42.2 Å². The largest absolute Gasteiger partial charge is 0.494 e. The molecule has 8 nitrogen and oxygen atoms in total. The Hall–Kier alpha value is -2.02. The molecule has 0 aromatic heterocycles. The number of fused-ring (bicyclic) bond motifs is 1. The van der Waals surface area contributed by atoms with E-state index < -0.39 is 20.0 Å². The van der Waals surface area contributed by atoms with E-state index in [4.69, 9.17) is 15.0 Å². The van der Waals surface area contributed by atoms with Crippen LogP contribution in [0.5, 0.6) is 5.75 Å². The third kappa shape index (κ3) is 6.22. The van der Waals surface area contributed by atoms with Crippen LogP contribution in [0.15, 0.2) is 70.5 Å². The van der Waals surface area contributed by atoms with Crippen LogP contribution in [0.25, 0.3) is 12.2 Å². The molecule has 35 heavy (non-hydrogen) atoms. The van der Waals surface area contributed by atoms with E-state index in [2.05, 4.69) is 5.32 Å². The van der Waals surface area contributed by atoms with Crippen LogP contribution >= 0.6 is 0 Å². The number of nitrogens with two attached hydrogens (primary N) is 2. The average molecular weight is 523 g/mol. The molecular weight excluding hydrogens is 497 g/mol. The molecule has 0 saturated heterocycles. The van der Waals surface area contributed by atoms with Crippen LogP contribution in [0.4, 0.5) is 0 Å². The molecule has 0 saturated carbocycles. The number of rotatable bonds is 7. The number of ether oxygens (including phenoxy) is 1. The second kappa shape index (κ2) is 10.9. The molecule has 0 fully saturated rings. The molecule has 1 aliphatic heterocycles. The first kappa shape index (κ1) is 27.6. The predicted molar refractivity (Wildman–Crippen MR) is 137 cm³/mol. The molecule has 0 spiro atoms. The van der Waals surface area contributed by atoms with Crippen LogP contribution in [-0.2, 0) is 26.6 Å². The number of primary sulfonamides is 2. The van der Waals surface area contributed by atoms with Crippen molar-refractivity contribution in [3.05, 3.63) is 88.5 Å². The van der Waals surface area contributed by atoms with E-state index in [1.54, 1.807) is 31.2 Å². The molecule has 0 amide bonds. The summed E-state index contributed by atoms with van der Waals surface area (Å²) in [7, 11) is -8.11. The van der Waals surface area contributed by atoms with Crippen LogP contribution in [0.3, 0.4) is 0 Å². The molecule has 3 aromatic rings. The van der Waals surface area contributed by atoms with E-state index in [0.717, 1.165) is 16.7 Å². The zero-order chi connectivity index (χ0) is 24.5. The maximum Gasteiger partial charge on any atom is 0.238 e. The second-order valence-electron chi connectivity index (χ2n) is 7.87. The SMILES string of the molecule is CCOc1ccc(C=Cc2ccc(C3NCc4ccccc43)cc2S(N)(=O)=O)c(S(N)(=O)=O)c1.[Na]. The molecule has 0 aliphatic carbocycles. The van der Waals surface area contributed by atoms with Crippen LogP contribution in [-0.4, -0.2) is 53.0 Å². The first-order chi connectivity index (χ1) is 16.1. The summed E-state index contributed by atoms with van der Waals surface area (Å²) in [6.45, 7) is 2.83. The molecule has 0 bridgehead atoms. The van der Waals surface area contributed by atoms with Crippen LogP contribution < -0.4 is 20.3 Å². The van der Waals surface area contributed by atoms with Gasteiger partial charge in [0.15, 0.2) is 0 Å². The van der Waals surface area contributed by atoms with Crippen molar-refractivity contribution < 1.29 is 21.6 Å². The van der Waals surface area contributed by atoms with Gasteiger partial charge in [-0.1, -0.05) is 48.6 Å². The van der Waals surface area contributed by atoms with Gasteiger partial charge in [0.2, 0.25) is 20.0 Å². The van der Waals surface area contributed by atoms with Gasteiger partial charge < -0.3 is 10.1 Å². The normalized spacial score (nSPS) is 15.6. The topological polar surface area (TPSA) is 142 Å². The van der Waals surface area contributed by atoms with Gasteiger partial charge in [-0.2, -0.15) is 0 Å². The summed E-state index contributed by atoms with van der Waals surface area (Å²) in [5.41, 5.74) is 3.61.